The first-order chi connectivity index (χ1) is 12.2. The molecule has 1 aliphatic carbocycles. The summed E-state index contributed by atoms with van der Waals surface area (Å²) >= 11 is 1.59. The Morgan fingerprint density at radius 2 is 2.20 bits per heavy atom. The van der Waals surface area contributed by atoms with E-state index in [0.717, 1.165) is 25.7 Å². The van der Waals surface area contributed by atoms with Crippen LogP contribution in [-0.2, 0) is 20.7 Å². The highest BCUT2D eigenvalue weighted by molar-refractivity contribution is 7.09. The van der Waals surface area contributed by atoms with Gasteiger partial charge in [-0.2, -0.15) is 0 Å². The molecule has 0 unspecified atom stereocenters. The van der Waals surface area contributed by atoms with E-state index in [-0.39, 0.29) is 18.4 Å². The molecule has 1 aromatic carbocycles. The van der Waals surface area contributed by atoms with Gasteiger partial charge in [0.1, 0.15) is 5.75 Å². The fourth-order valence-electron chi connectivity index (χ4n) is 2.24. The van der Waals surface area contributed by atoms with Gasteiger partial charge in [0.05, 0.1) is 12.1 Å². The average Bonchev–Trinajstić information content (AvgIpc) is 3.34. The second kappa shape index (κ2) is 8.62. The van der Waals surface area contributed by atoms with Gasteiger partial charge in [0.2, 0.25) is 5.91 Å². The summed E-state index contributed by atoms with van der Waals surface area (Å²) in [5, 5.41) is 2.85. The summed E-state index contributed by atoms with van der Waals surface area (Å²) in [6.07, 6.45) is 5.34. The SMILES string of the molecule is O=C(COc1cccc(NC(=O)C2CC2)c1)OCCCc1cncs1. The molecule has 7 heteroatoms. The van der Waals surface area contributed by atoms with Crippen molar-refractivity contribution in [3.63, 3.8) is 0 Å². The van der Waals surface area contributed by atoms with Crippen LogP contribution in [0.25, 0.3) is 0 Å². The number of carbonyl (C=O) groups is 2. The molecule has 132 valence electrons. The van der Waals surface area contributed by atoms with Crippen LogP contribution in [0.2, 0.25) is 0 Å². The van der Waals surface area contributed by atoms with Crippen LogP contribution in [0, 0.1) is 5.92 Å². The molecule has 2 aromatic rings. The van der Waals surface area contributed by atoms with Crippen molar-refractivity contribution in [3.05, 3.63) is 40.8 Å². The number of nitrogens with one attached hydrogen (secondary N) is 1. The van der Waals surface area contributed by atoms with Crippen LogP contribution >= 0.6 is 11.3 Å². The van der Waals surface area contributed by atoms with Crippen molar-refractivity contribution < 1.29 is 19.1 Å². The Kier molecular flexibility index (Phi) is 6.00. The molecule has 0 aliphatic heterocycles. The van der Waals surface area contributed by atoms with Crippen LogP contribution in [0.3, 0.4) is 0 Å². The van der Waals surface area contributed by atoms with Gasteiger partial charge < -0.3 is 14.8 Å². The number of aromatic nitrogens is 1. The molecule has 3 rings (SSSR count). The smallest absolute Gasteiger partial charge is 0.344 e. The lowest BCUT2D eigenvalue weighted by atomic mass is 10.3. The number of anilines is 1. The van der Waals surface area contributed by atoms with E-state index in [1.54, 1.807) is 41.1 Å². The van der Waals surface area contributed by atoms with Crippen molar-refractivity contribution in [2.75, 3.05) is 18.5 Å². The van der Waals surface area contributed by atoms with Crippen LogP contribution in [0.4, 0.5) is 5.69 Å². The molecule has 1 aliphatic rings. The Bertz CT molecular complexity index is 714. The number of hydrogen-bond donors (Lipinski definition) is 1. The zero-order valence-electron chi connectivity index (χ0n) is 13.8. The lowest BCUT2D eigenvalue weighted by Crippen LogP contribution is -2.16. The summed E-state index contributed by atoms with van der Waals surface area (Å²) in [5.41, 5.74) is 2.46. The molecule has 0 spiro atoms. The highest BCUT2D eigenvalue weighted by Gasteiger charge is 2.29. The summed E-state index contributed by atoms with van der Waals surface area (Å²) < 4.78 is 10.6. The molecule has 1 heterocycles. The molecule has 0 radical (unpaired) electrons. The van der Waals surface area contributed by atoms with Crippen molar-refractivity contribution >= 4 is 28.9 Å². The van der Waals surface area contributed by atoms with Crippen molar-refractivity contribution in [1.29, 1.82) is 0 Å². The minimum atomic E-state index is -0.406. The summed E-state index contributed by atoms with van der Waals surface area (Å²) in [6.45, 7) is 0.207. The minimum Gasteiger partial charge on any atom is -0.482 e. The van der Waals surface area contributed by atoms with Gasteiger partial charge >= 0.3 is 5.97 Å². The Labute approximate surface area is 150 Å². The van der Waals surface area contributed by atoms with Gasteiger partial charge in [-0.3, -0.25) is 9.78 Å². The largest absolute Gasteiger partial charge is 0.482 e. The molecule has 1 aromatic heterocycles. The molecule has 1 amide bonds. The molecule has 25 heavy (non-hydrogen) atoms. The average molecular weight is 360 g/mol. The summed E-state index contributed by atoms with van der Waals surface area (Å²) in [5.74, 6) is 0.300. The number of carbonyl (C=O) groups excluding carboxylic acids is 2. The molecule has 0 bridgehead atoms. The van der Waals surface area contributed by atoms with Gasteiger partial charge in [0, 0.05) is 28.7 Å². The first-order valence-electron chi connectivity index (χ1n) is 8.27. The number of rotatable bonds is 9. The van der Waals surface area contributed by atoms with Crippen molar-refractivity contribution in [3.8, 4) is 5.75 Å². The van der Waals surface area contributed by atoms with Gasteiger partial charge in [-0.1, -0.05) is 6.07 Å². The van der Waals surface area contributed by atoms with E-state index in [1.165, 1.54) is 4.88 Å². The number of aryl methyl sites for hydroxylation is 1. The molecule has 1 fully saturated rings. The topological polar surface area (TPSA) is 77.5 Å². The monoisotopic (exact) mass is 360 g/mol. The molecular formula is C18H20N2O4S. The summed E-state index contributed by atoms with van der Waals surface area (Å²) in [7, 11) is 0. The van der Waals surface area contributed by atoms with E-state index >= 15 is 0 Å². The number of amides is 1. The predicted octanol–water partition coefficient (Wildman–Crippen LogP) is 3.05. The highest BCUT2D eigenvalue weighted by atomic mass is 32.1. The third-order valence-corrected chi connectivity index (χ3v) is 4.56. The van der Waals surface area contributed by atoms with Gasteiger partial charge in [-0.05, 0) is 37.8 Å². The lowest BCUT2D eigenvalue weighted by molar-refractivity contribution is -0.146. The van der Waals surface area contributed by atoms with E-state index in [9.17, 15) is 9.59 Å². The normalized spacial score (nSPS) is 13.3. The fraction of sp³-hybridized carbons (Fsp3) is 0.389. The maximum absolute atomic E-state index is 11.8. The molecule has 1 N–H and O–H groups in total. The quantitative estimate of drug-likeness (QED) is 0.549. The van der Waals surface area contributed by atoms with E-state index < -0.39 is 5.97 Å². The second-order valence-electron chi connectivity index (χ2n) is 5.87. The predicted molar refractivity (Wildman–Crippen MR) is 94.7 cm³/mol. The zero-order chi connectivity index (χ0) is 17.5. The van der Waals surface area contributed by atoms with E-state index in [0.29, 0.717) is 18.0 Å². The molecule has 6 nitrogen and oxygen atoms in total. The Hall–Kier alpha value is -2.41. The summed E-state index contributed by atoms with van der Waals surface area (Å²) in [4.78, 5) is 28.6. The van der Waals surface area contributed by atoms with Crippen molar-refractivity contribution in [1.82, 2.24) is 4.98 Å². The van der Waals surface area contributed by atoms with Gasteiger partial charge in [-0.25, -0.2) is 4.79 Å². The van der Waals surface area contributed by atoms with Gasteiger partial charge in [0.25, 0.3) is 0 Å². The number of ether oxygens (including phenoxy) is 2. The van der Waals surface area contributed by atoms with Crippen LogP contribution in [-0.4, -0.2) is 30.1 Å². The van der Waals surface area contributed by atoms with Crippen LogP contribution in [0.1, 0.15) is 24.1 Å². The van der Waals surface area contributed by atoms with Crippen molar-refractivity contribution in [2.45, 2.75) is 25.7 Å². The first kappa shape index (κ1) is 17.4. The Morgan fingerprint density at radius 3 is 2.96 bits per heavy atom. The Morgan fingerprint density at radius 1 is 1.32 bits per heavy atom. The number of thiazole rings is 1. The van der Waals surface area contributed by atoms with Crippen LogP contribution in [0.15, 0.2) is 36.0 Å². The summed E-state index contributed by atoms with van der Waals surface area (Å²) in [6, 6.07) is 7.02. The van der Waals surface area contributed by atoms with Gasteiger partial charge in [0.15, 0.2) is 6.61 Å². The van der Waals surface area contributed by atoms with E-state index in [1.807, 2.05) is 6.20 Å². The minimum absolute atomic E-state index is 0.0394. The highest BCUT2D eigenvalue weighted by Crippen LogP contribution is 2.30. The molecule has 1 saturated carbocycles. The van der Waals surface area contributed by atoms with E-state index in [4.69, 9.17) is 9.47 Å². The fourth-order valence-corrected chi connectivity index (χ4v) is 2.88. The standard InChI is InChI=1S/C18H20N2O4S/c21-17(23-8-2-5-16-10-19-12-25-16)11-24-15-4-1-3-14(9-15)20-18(22)13-6-7-13/h1,3-4,9-10,12-13H,2,5-8,11H2,(H,20,22). The van der Waals surface area contributed by atoms with Crippen molar-refractivity contribution in [2.24, 2.45) is 5.92 Å². The first-order valence-corrected chi connectivity index (χ1v) is 9.15. The second-order valence-corrected chi connectivity index (χ2v) is 6.84. The molecule has 0 saturated heterocycles. The third-order valence-electron chi connectivity index (χ3n) is 3.72. The maximum Gasteiger partial charge on any atom is 0.344 e. The number of benzene rings is 1. The molecule has 0 atom stereocenters. The van der Waals surface area contributed by atoms with Crippen LogP contribution in [0.5, 0.6) is 5.75 Å². The van der Waals surface area contributed by atoms with Gasteiger partial charge in [-0.15, -0.1) is 11.3 Å². The lowest BCUT2D eigenvalue weighted by Gasteiger charge is -2.09. The zero-order valence-corrected chi connectivity index (χ0v) is 14.6. The maximum atomic E-state index is 11.8. The number of hydrogen-bond acceptors (Lipinski definition) is 6. The number of nitrogens with zero attached hydrogens (tertiary/aromatic N) is 1. The number of esters is 1. The molecular weight excluding hydrogens is 340 g/mol. The third kappa shape index (κ3) is 5.86. The van der Waals surface area contributed by atoms with Crippen LogP contribution < -0.4 is 10.1 Å². The van der Waals surface area contributed by atoms with E-state index in [2.05, 4.69) is 10.3 Å². The Balaban J connectivity index is 1.35.